The van der Waals surface area contributed by atoms with Crippen LogP contribution in [0.4, 0.5) is 0 Å². The molecule has 232 valence electrons. The number of pyridine rings is 1. The molecule has 0 spiro atoms. The van der Waals surface area contributed by atoms with Crippen molar-refractivity contribution in [2.24, 2.45) is 5.73 Å². The van der Waals surface area contributed by atoms with E-state index in [4.69, 9.17) is 10.6 Å². The molecule has 2 heterocycles. The molecular weight excluding hydrogens is 589 g/mol. The number of hydrazine groups is 1. The summed E-state index contributed by atoms with van der Waals surface area (Å²) in [4.78, 5) is 10.0. The lowest BCUT2D eigenvalue weighted by Gasteiger charge is -2.19. The average molecular weight is 623 g/mol. The molecule has 48 heavy (non-hydrogen) atoms. The summed E-state index contributed by atoms with van der Waals surface area (Å²) in [6, 6.07) is 41.7. The highest BCUT2D eigenvalue weighted by atomic mass is 16.7. The van der Waals surface area contributed by atoms with E-state index in [1.54, 1.807) is 23.8 Å². The Bertz CT molecular complexity index is 2420. The largest absolute Gasteiger partial charge is 0.404 e. The fraction of sp³-hybridized carbons (Fsp3) is 0.0465. The normalized spacial score (nSPS) is 13.3. The fourth-order valence-corrected chi connectivity index (χ4v) is 6.75. The molecule has 0 aliphatic carbocycles. The second-order valence-electron chi connectivity index (χ2n) is 12.2. The van der Waals surface area contributed by atoms with E-state index in [-0.39, 0.29) is 0 Å². The molecule has 0 radical (unpaired) electrons. The van der Waals surface area contributed by atoms with Gasteiger partial charge in [0.15, 0.2) is 0 Å². The quantitative estimate of drug-likeness (QED) is 0.143. The maximum atomic E-state index is 6.26. The molecule has 6 aromatic carbocycles. The van der Waals surface area contributed by atoms with Gasteiger partial charge in [-0.3, -0.25) is 10.4 Å². The van der Waals surface area contributed by atoms with Crippen molar-refractivity contribution in [3.63, 3.8) is 0 Å². The van der Waals surface area contributed by atoms with E-state index < -0.39 is 0 Å². The minimum absolute atomic E-state index is 0.872. The molecule has 0 fully saturated rings. The highest BCUT2D eigenvalue weighted by molar-refractivity contribution is 6.27. The zero-order valence-electron chi connectivity index (χ0n) is 26.8. The number of nitrogens with two attached hydrogens (primary N) is 1. The zero-order chi connectivity index (χ0) is 32.6. The molecule has 0 saturated carbocycles. The van der Waals surface area contributed by atoms with Crippen LogP contribution in [-0.4, -0.2) is 10.2 Å². The first-order valence-electron chi connectivity index (χ1n) is 16.1. The van der Waals surface area contributed by atoms with Crippen molar-refractivity contribution in [2.45, 2.75) is 13.8 Å². The summed E-state index contributed by atoms with van der Waals surface area (Å²) in [5.74, 6) is 0. The number of hydroxylamine groups is 1. The lowest BCUT2D eigenvalue weighted by Crippen LogP contribution is -2.26. The number of rotatable bonds is 6. The molecule has 3 N–H and O–H groups in total. The first-order chi connectivity index (χ1) is 23.6. The van der Waals surface area contributed by atoms with Gasteiger partial charge in [-0.25, -0.2) is 0 Å². The van der Waals surface area contributed by atoms with Crippen LogP contribution < -0.4 is 11.2 Å². The van der Waals surface area contributed by atoms with Gasteiger partial charge in [-0.15, -0.1) is 5.17 Å². The first kappa shape index (κ1) is 29.1. The van der Waals surface area contributed by atoms with Crippen LogP contribution in [0, 0.1) is 6.92 Å². The van der Waals surface area contributed by atoms with Crippen molar-refractivity contribution in [1.29, 1.82) is 0 Å². The maximum Gasteiger partial charge on any atom is 0.139 e. The summed E-state index contributed by atoms with van der Waals surface area (Å²) in [5, 5.41) is 8.74. The van der Waals surface area contributed by atoms with Crippen molar-refractivity contribution >= 4 is 37.9 Å². The SMILES string of the molecule is C/C(=C\C(=C/N)c1ccc2c3ccc(-c4cncc(C)c4)cc3c3cc(-c4ccccc4)c(-c4ccccc4)cc3c2c1)N1NC=CO1. The standard InChI is InChI=1S/C43H34N4O/c1-28-19-35(27-45-26-28)33-14-16-37-36-15-13-32(34(25-44)20-29(2)47-46-17-18-48-47)21-40(36)42-23-38(30-9-5-3-6-10-30)39(24-43(42)41(37)22-33)31-11-7-4-8-12-31/h3-27,46H,44H2,1-2H3/b29-20+,34-25+. The van der Waals surface area contributed by atoms with Crippen LogP contribution in [-0.2, 0) is 4.84 Å². The van der Waals surface area contributed by atoms with Crippen molar-refractivity contribution in [2.75, 3.05) is 0 Å². The van der Waals surface area contributed by atoms with Gasteiger partial charge < -0.3 is 10.6 Å². The van der Waals surface area contributed by atoms with E-state index in [1.807, 2.05) is 25.4 Å². The summed E-state index contributed by atoms with van der Waals surface area (Å²) >= 11 is 0. The number of nitrogens with one attached hydrogen (secondary N) is 1. The van der Waals surface area contributed by atoms with Crippen LogP contribution in [0.25, 0.3) is 71.3 Å². The van der Waals surface area contributed by atoms with E-state index >= 15 is 0 Å². The lowest BCUT2D eigenvalue weighted by atomic mass is 9.86. The highest BCUT2D eigenvalue weighted by Gasteiger charge is 2.17. The monoisotopic (exact) mass is 622 g/mol. The zero-order valence-corrected chi connectivity index (χ0v) is 26.8. The van der Waals surface area contributed by atoms with E-state index in [2.05, 4.69) is 133 Å². The Morgan fingerprint density at radius 3 is 1.90 bits per heavy atom. The van der Waals surface area contributed by atoms with Gasteiger partial charge in [0.25, 0.3) is 0 Å². The molecule has 5 heteroatoms. The van der Waals surface area contributed by atoms with Gasteiger partial charge in [-0.1, -0.05) is 84.9 Å². The fourth-order valence-electron chi connectivity index (χ4n) is 6.75. The maximum absolute atomic E-state index is 6.26. The molecule has 0 bridgehead atoms. The Kier molecular flexibility index (Phi) is 7.35. The second kappa shape index (κ2) is 12.1. The topological polar surface area (TPSA) is 63.4 Å². The van der Waals surface area contributed by atoms with Crippen LogP contribution >= 0.6 is 0 Å². The number of benzene rings is 6. The third-order valence-corrected chi connectivity index (χ3v) is 9.07. The third kappa shape index (κ3) is 5.21. The lowest BCUT2D eigenvalue weighted by molar-refractivity contribution is -0.0779. The Morgan fingerprint density at radius 1 is 0.667 bits per heavy atom. The van der Waals surface area contributed by atoms with Gasteiger partial charge >= 0.3 is 0 Å². The molecule has 7 aromatic rings. The van der Waals surface area contributed by atoms with Crippen molar-refractivity contribution in [3.8, 4) is 33.4 Å². The van der Waals surface area contributed by atoms with Gasteiger partial charge in [0.05, 0.1) is 11.9 Å². The summed E-state index contributed by atoms with van der Waals surface area (Å²) < 4.78 is 0. The molecule has 0 amide bonds. The number of aromatic nitrogens is 1. The molecule has 0 atom stereocenters. The van der Waals surface area contributed by atoms with Gasteiger partial charge in [0.2, 0.25) is 0 Å². The van der Waals surface area contributed by atoms with Gasteiger partial charge in [-0.05, 0) is 127 Å². The highest BCUT2D eigenvalue weighted by Crippen LogP contribution is 2.43. The summed E-state index contributed by atoms with van der Waals surface area (Å²) in [5.41, 5.74) is 20.2. The molecule has 1 aliphatic rings. The van der Waals surface area contributed by atoms with Crippen LogP contribution in [0.3, 0.4) is 0 Å². The van der Waals surface area contributed by atoms with Gasteiger partial charge in [0.1, 0.15) is 6.26 Å². The first-order valence-corrected chi connectivity index (χ1v) is 16.1. The van der Waals surface area contributed by atoms with Crippen molar-refractivity contribution < 1.29 is 4.84 Å². The molecule has 1 aliphatic heterocycles. The molecular formula is C43H34N4O. The molecule has 8 rings (SSSR count). The van der Waals surface area contributed by atoms with Gasteiger partial charge in [-0.2, -0.15) is 0 Å². The van der Waals surface area contributed by atoms with Crippen LogP contribution in [0.5, 0.6) is 0 Å². The minimum Gasteiger partial charge on any atom is -0.404 e. The van der Waals surface area contributed by atoms with Gasteiger partial charge in [0, 0.05) is 24.2 Å². The van der Waals surface area contributed by atoms with E-state index in [1.165, 1.54) is 54.6 Å². The number of hydrogen-bond acceptors (Lipinski definition) is 5. The van der Waals surface area contributed by atoms with E-state index in [9.17, 15) is 0 Å². The summed E-state index contributed by atoms with van der Waals surface area (Å²) in [7, 11) is 0. The Balaban J connectivity index is 1.44. The Labute approximate surface area is 279 Å². The smallest absolute Gasteiger partial charge is 0.139 e. The molecule has 5 nitrogen and oxygen atoms in total. The average Bonchev–Trinajstić information content (AvgIpc) is 3.69. The third-order valence-electron chi connectivity index (χ3n) is 9.07. The number of allylic oxidation sites excluding steroid dienone is 3. The minimum atomic E-state index is 0.872. The second-order valence-corrected chi connectivity index (χ2v) is 12.2. The molecule has 0 saturated heterocycles. The Hall–Kier alpha value is -6.33. The number of nitrogens with zero attached hydrogens (tertiary/aromatic N) is 2. The Morgan fingerprint density at radius 2 is 1.29 bits per heavy atom. The molecule has 0 unspecified atom stereocenters. The predicted molar refractivity (Wildman–Crippen MR) is 199 cm³/mol. The van der Waals surface area contributed by atoms with Crippen LogP contribution in [0.2, 0.25) is 0 Å². The number of fused-ring (bicyclic) bond motifs is 6. The molecule has 1 aromatic heterocycles. The number of aryl methyl sites for hydroxylation is 1. The van der Waals surface area contributed by atoms with Crippen molar-refractivity contribution in [3.05, 3.63) is 169 Å². The van der Waals surface area contributed by atoms with Crippen molar-refractivity contribution in [1.82, 2.24) is 15.6 Å². The summed E-state index contributed by atoms with van der Waals surface area (Å²) in [6.07, 6.45) is 10.9. The number of hydrogen-bond donors (Lipinski definition) is 2. The van der Waals surface area contributed by atoms with E-state index in [0.717, 1.165) is 33.5 Å². The summed E-state index contributed by atoms with van der Waals surface area (Å²) in [6.45, 7) is 4.06. The van der Waals surface area contributed by atoms with Crippen LogP contribution in [0.1, 0.15) is 18.1 Å². The van der Waals surface area contributed by atoms with E-state index in [0.29, 0.717) is 0 Å². The predicted octanol–water partition coefficient (Wildman–Crippen LogP) is 10.3. The van der Waals surface area contributed by atoms with Crippen LogP contribution in [0.15, 0.2) is 158 Å².